The fraction of sp³-hybridized carbons (Fsp3) is 0.103. The van der Waals surface area contributed by atoms with Crippen LogP contribution in [0.15, 0.2) is 84.9 Å². The van der Waals surface area contributed by atoms with Gasteiger partial charge >= 0.3 is 5.69 Å². The largest absolute Gasteiger partial charge is 0.490 e. The lowest BCUT2D eigenvalue weighted by Gasteiger charge is -2.31. The van der Waals surface area contributed by atoms with Crippen LogP contribution in [0.3, 0.4) is 0 Å². The monoisotopic (exact) mass is 524 g/mol. The zero-order valence-electron chi connectivity index (χ0n) is 21.1. The lowest BCUT2D eigenvalue weighted by atomic mass is 9.85. The molecule has 1 atom stereocenters. The highest BCUT2D eigenvalue weighted by Crippen LogP contribution is 2.40. The van der Waals surface area contributed by atoms with E-state index in [1.165, 1.54) is 20.3 Å². The van der Waals surface area contributed by atoms with Crippen molar-refractivity contribution in [2.24, 2.45) is 5.73 Å². The van der Waals surface area contributed by atoms with Gasteiger partial charge in [-0.05, 0) is 58.7 Å². The Morgan fingerprint density at radius 2 is 1.56 bits per heavy atom. The molecule has 0 spiro atoms. The lowest BCUT2D eigenvalue weighted by Crippen LogP contribution is -2.44. The molecule has 0 unspecified atom stereocenters. The normalized spacial score (nSPS) is 13.5. The number of primary amides is 1. The van der Waals surface area contributed by atoms with Crippen molar-refractivity contribution in [3.8, 4) is 16.9 Å². The maximum Gasteiger partial charge on any atom is 0.310 e. The van der Waals surface area contributed by atoms with E-state index in [9.17, 15) is 19.7 Å². The summed E-state index contributed by atoms with van der Waals surface area (Å²) in [5.41, 5.74) is 8.50. The number of fused-ring (bicyclic) bond motifs is 2. The molecule has 39 heavy (non-hydrogen) atoms. The third-order valence-electron chi connectivity index (χ3n) is 6.75. The fourth-order valence-electron chi connectivity index (χ4n) is 4.80. The number of nitrogens with one attached hydrogen (secondary N) is 2. The molecule has 5 rings (SSSR count). The minimum Gasteiger partial charge on any atom is -0.490 e. The highest BCUT2D eigenvalue weighted by Gasteiger charge is 2.41. The summed E-state index contributed by atoms with van der Waals surface area (Å²) >= 11 is 0. The van der Waals surface area contributed by atoms with E-state index in [4.69, 9.17) is 15.2 Å². The first-order chi connectivity index (χ1) is 18.8. The molecule has 1 heterocycles. The number of nitro groups is 1. The topological polar surface area (TPSA) is 146 Å². The van der Waals surface area contributed by atoms with Gasteiger partial charge in [-0.1, -0.05) is 42.5 Å². The Hall–Kier alpha value is -5.22. The number of hydrogen-bond acceptors (Lipinski definition) is 7. The van der Waals surface area contributed by atoms with Gasteiger partial charge in [0.1, 0.15) is 0 Å². The number of amides is 2. The van der Waals surface area contributed by atoms with E-state index < -0.39 is 16.4 Å². The van der Waals surface area contributed by atoms with E-state index in [2.05, 4.69) is 10.6 Å². The number of rotatable bonds is 7. The van der Waals surface area contributed by atoms with Crippen LogP contribution in [-0.4, -0.2) is 31.0 Å². The van der Waals surface area contributed by atoms with Crippen molar-refractivity contribution < 1.29 is 24.0 Å². The van der Waals surface area contributed by atoms with Gasteiger partial charge in [-0.25, -0.2) is 0 Å². The predicted molar refractivity (Wildman–Crippen MR) is 146 cm³/mol. The quantitative estimate of drug-likeness (QED) is 0.229. The van der Waals surface area contributed by atoms with E-state index in [-0.39, 0.29) is 17.3 Å². The maximum absolute atomic E-state index is 13.2. The van der Waals surface area contributed by atoms with E-state index in [0.29, 0.717) is 39.3 Å². The van der Waals surface area contributed by atoms with Crippen LogP contribution in [0.1, 0.15) is 21.5 Å². The van der Waals surface area contributed by atoms with Crippen LogP contribution < -0.4 is 21.1 Å². The van der Waals surface area contributed by atoms with Crippen molar-refractivity contribution >= 4 is 34.6 Å². The molecule has 4 aromatic carbocycles. The third-order valence-corrected chi connectivity index (χ3v) is 6.75. The van der Waals surface area contributed by atoms with E-state index in [1.54, 1.807) is 72.8 Å². The van der Waals surface area contributed by atoms with E-state index in [1.807, 2.05) is 6.07 Å². The second kappa shape index (κ2) is 9.92. The van der Waals surface area contributed by atoms with Crippen molar-refractivity contribution in [3.05, 3.63) is 112 Å². The second-order valence-corrected chi connectivity index (χ2v) is 8.86. The summed E-state index contributed by atoms with van der Waals surface area (Å²) in [5.74, 6) is -0.927. The zero-order chi connectivity index (χ0) is 27.7. The Kier molecular flexibility index (Phi) is 6.47. The molecule has 2 amide bonds. The van der Waals surface area contributed by atoms with E-state index >= 15 is 0 Å². The van der Waals surface area contributed by atoms with Crippen LogP contribution in [0, 0.1) is 10.1 Å². The molecule has 0 aromatic heterocycles. The van der Waals surface area contributed by atoms with Gasteiger partial charge in [0.25, 0.3) is 11.8 Å². The Labute approximate surface area is 223 Å². The van der Waals surface area contributed by atoms with E-state index in [0.717, 1.165) is 5.56 Å². The molecule has 0 fully saturated rings. The average molecular weight is 525 g/mol. The van der Waals surface area contributed by atoms with Gasteiger partial charge in [0, 0.05) is 13.2 Å². The molecule has 1 aliphatic rings. The number of anilines is 3. The Bertz CT molecular complexity index is 1620. The number of nitro benzene ring substituents is 1. The molecule has 4 N–H and O–H groups in total. The summed E-state index contributed by atoms with van der Waals surface area (Å²) in [7, 11) is 2.78. The number of nitrogens with zero attached hydrogens (tertiary/aromatic N) is 1. The van der Waals surface area contributed by atoms with Crippen LogP contribution in [0.2, 0.25) is 0 Å². The van der Waals surface area contributed by atoms with Crippen molar-refractivity contribution in [2.45, 2.75) is 5.60 Å². The number of ether oxygens (including phenoxy) is 2. The van der Waals surface area contributed by atoms with Crippen LogP contribution in [-0.2, 0) is 15.1 Å². The van der Waals surface area contributed by atoms with Crippen LogP contribution in [0.5, 0.6) is 5.75 Å². The number of hydrogen-bond donors (Lipinski definition) is 3. The fourth-order valence-corrected chi connectivity index (χ4v) is 4.80. The summed E-state index contributed by atoms with van der Waals surface area (Å²) < 4.78 is 10.9. The van der Waals surface area contributed by atoms with Gasteiger partial charge in [-0.15, -0.1) is 0 Å². The van der Waals surface area contributed by atoms with Crippen molar-refractivity contribution in [1.29, 1.82) is 0 Å². The zero-order valence-corrected chi connectivity index (χ0v) is 21.1. The Morgan fingerprint density at radius 3 is 2.23 bits per heavy atom. The molecule has 0 aliphatic carbocycles. The number of methoxy groups -OCH3 is 2. The summed E-state index contributed by atoms with van der Waals surface area (Å²) in [6.45, 7) is 0. The molecule has 0 radical (unpaired) electrons. The summed E-state index contributed by atoms with van der Waals surface area (Å²) in [4.78, 5) is 36.7. The van der Waals surface area contributed by atoms with Crippen molar-refractivity contribution in [2.75, 3.05) is 24.9 Å². The number of nitrogens with two attached hydrogens (primary N) is 1. The summed E-state index contributed by atoms with van der Waals surface area (Å²) in [6, 6.07) is 23.8. The number of carbonyl (C=O) groups is 2. The molecule has 0 saturated heterocycles. The summed E-state index contributed by atoms with van der Waals surface area (Å²) in [6.07, 6.45) is 0. The van der Waals surface area contributed by atoms with Gasteiger partial charge in [0.2, 0.25) is 0 Å². The van der Waals surface area contributed by atoms with Gasteiger partial charge in [-0.2, -0.15) is 0 Å². The molecule has 0 bridgehead atoms. The molecule has 196 valence electrons. The molecule has 0 saturated carbocycles. The third kappa shape index (κ3) is 4.32. The lowest BCUT2D eigenvalue weighted by molar-refractivity contribution is -0.385. The van der Waals surface area contributed by atoms with Gasteiger partial charge < -0.3 is 25.8 Å². The second-order valence-electron chi connectivity index (χ2n) is 8.86. The number of benzene rings is 4. The minimum absolute atomic E-state index is 0.130. The smallest absolute Gasteiger partial charge is 0.310 e. The standard InChI is InChI=1S/C29H24N4O6/c1-38-26-15-18(9-13-25(26)33(36)37)17-8-11-21-23(14-17)31-22-12-10-20(16-24(22)32-27(21)34)29(39-2,28(30)35)19-6-4-3-5-7-19/h3-16,31H,1-2H3,(H2,30,35)(H,32,34)/t29-/m0/s1. The van der Waals surface area contributed by atoms with Crippen LogP contribution in [0.25, 0.3) is 11.1 Å². The Morgan fingerprint density at radius 1 is 0.846 bits per heavy atom. The molecule has 10 nitrogen and oxygen atoms in total. The van der Waals surface area contributed by atoms with Gasteiger partial charge in [-0.3, -0.25) is 19.7 Å². The molecular formula is C29H24N4O6. The molecule has 1 aliphatic heterocycles. The average Bonchev–Trinajstić information content (AvgIpc) is 3.08. The SMILES string of the molecule is COc1cc(-c2ccc3c(c2)Nc2ccc([C@](OC)(C(N)=O)c4ccccc4)cc2NC3=O)ccc1[N+](=O)[O-]. The number of carbonyl (C=O) groups excluding carboxylic acids is 2. The maximum atomic E-state index is 13.2. The van der Waals surface area contributed by atoms with Gasteiger partial charge in [0.05, 0.1) is 34.7 Å². The first-order valence-corrected chi connectivity index (χ1v) is 11.9. The van der Waals surface area contributed by atoms with Crippen LogP contribution in [0.4, 0.5) is 22.7 Å². The van der Waals surface area contributed by atoms with Crippen molar-refractivity contribution in [1.82, 2.24) is 0 Å². The van der Waals surface area contributed by atoms with Crippen LogP contribution >= 0.6 is 0 Å². The Balaban J connectivity index is 1.56. The summed E-state index contributed by atoms with van der Waals surface area (Å²) in [5, 5.41) is 17.5. The predicted octanol–water partition coefficient (Wildman–Crippen LogP) is 4.96. The first-order valence-electron chi connectivity index (χ1n) is 11.9. The molecule has 10 heteroatoms. The molecular weight excluding hydrogens is 500 g/mol. The minimum atomic E-state index is -1.57. The first kappa shape index (κ1) is 25.4. The highest BCUT2D eigenvalue weighted by atomic mass is 16.6. The van der Waals surface area contributed by atoms with Crippen molar-refractivity contribution in [3.63, 3.8) is 0 Å². The molecule has 4 aromatic rings. The van der Waals surface area contributed by atoms with Gasteiger partial charge in [0.15, 0.2) is 11.4 Å². The highest BCUT2D eigenvalue weighted by molar-refractivity contribution is 6.12.